The Kier molecular flexibility index (Phi) is 4.59. The van der Waals surface area contributed by atoms with Crippen molar-refractivity contribution < 1.29 is 4.74 Å². The van der Waals surface area contributed by atoms with E-state index in [1.807, 2.05) is 48.0 Å². The van der Waals surface area contributed by atoms with Crippen LogP contribution in [0.3, 0.4) is 0 Å². The van der Waals surface area contributed by atoms with Crippen LogP contribution in [0, 0.1) is 0 Å². The molecule has 0 unspecified atom stereocenters. The van der Waals surface area contributed by atoms with Crippen LogP contribution in [-0.4, -0.2) is 36.9 Å². The third kappa shape index (κ3) is 3.28. The van der Waals surface area contributed by atoms with Crippen molar-refractivity contribution in [3.63, 3.8) is 0 Å². The van der Waals surface area contributed by atoms with Gasteiger partial charge in [0.1, 0.15) is 11.3 Å². The van der Waals surface area contributed by atoms with Crippen LogP contribution in [0.15, 0.2) is 58.5 Å². The Morgan fingerprint density at radius 1 is 1.07 bits per heavy atom. The molecule has 0 aliphatic heterocycles. The van der Waals surface area contributed by atoms with Crippen LogP contribution in [0.2, 0.25) is 0 Å². The number of nitrogens with zero attached hydrogens (tertiary/aromatic N) is 6. The van der Waals surface area contributed by atoms with Crippen molar-refractivity contribution in [1.29, 1.82) is 0 Å². The second-order valence-corrected chi connectivity index (χ2v) is 6.69. The van der Waals surface area contributed by atoms with Crippen molar-refractivity contribution in [3.8, 4) is 17.1 Å². The number of hydrogen-bond donors (Lipinski definition) is 0. The number of aromatic nitrogens is 6. The summed E-state index contributed by atoms with van der Waals surface area (Å²) in [7, 11) is 3.51. The van der Waals surface area contributed by atoms with Gasteiger partial charge in [-0.3, -0.25) is 4.79 Å². The van der Waals surface area contributed by atoms with Crippen LogP contribution < -0.4 is 10.3 Å². The van der Waals surface area contributed by atoms with Crippen LogP contribution in [0.4, 0.5) is 0 Å². The largest absolute Gasteiger partial charge is 0.497 e. The Morgan fingerprint density at radius 2 is 1.93 bits per heavy atom. The molecule has 0 fully saturated rings. The molecule has 4 rings (SSSR count). The Labute approximate surface area is 158 Å². The highest BCUT2D eigenvalue weighted by Crippen LogP contribution is 2.25. The van der Waals surface area contributed by atoms with Gasteiger partial charge < -0.3 is 9.30 Å². The van der Waals surface area contributed by atoms with E-state index in [9.17, 15) is 4.79 Å². The van der Waals surface area contributed by atoms with E-state index < -0.39 is 0 Å². The van der Waals surface area contributed by atoms with Crippen molar-refractivity contribution in [2.75, 3.05) is 7.11 Å². The van der Waals surface area contributed by atoms with Crippen molar-refractivity contribution in [2.45, 2.75) is 11.0 Å². The molecule has 0 aliphatic carbocycles. The van der Waals surface area contributed by atoms with Gasteiger partial charge in [0.05, 0.1) is 18.4 Å². The van der Waals surface area contributed by atoms with Crippen molar-refractivity contribution in [2.24, 2.45) is 7.05 Å². The summed E-state index contributed by atoms with van der Waals surface area (Å²) in [6.45, 7) is 0. The fourth-order valence-corrected chi connectivity index (χ4v) is 3.47. The fourth-order valence-electron chi connectivity index (χ4n) is 2.68. The van der Waals surface area contributed by atoms with Crippen molar-refractivity contribution >= 4 is 22.7 Å². The van der Waals surface area contributed by atoms with E-state index in [4.69, 9.17) is 4.74 Å². The highest BCUT2D eigenvalue weighted by Gasteiger charge is 2.13. The summed E-state index contributed by atoms with van der Waals surface area (Å²) < 4.78 is 8.46. The summed E-state index contributed by atoms with van der Waals surface area (Å²) in [5.41, 5.74) is 1.31. The summed E-state index contributed by atoms with van der Waals surface area (Å²) in [5, 5.41) is 17.8. The maximum Gasteiger partial charge on any atom is 0.278 e. The van der Waals surface area contributed by atoms with Crippen LogP contribution in [0.25, 0.3) is 22.3 Å². The first-order chi connectivity index (χ1) is 13.2. The minimum Gasteiger partial charge on any atom is -0.497 e. The van der Waals surface area contributed by atoms with Gasteiger partial charge in [0.2, 0.25) is 0 Å². The van der Waals surface area contributed by atoms with E-state index in [1.54, 1.807) is 19.2 Å². The van der Waals surface area contributed by atoms with E-state index in [0.29, 0.717) is 27.8 Å². The molecule has 0 amide bonds. The summed E-state index contributed by atoms with van der Waals surface area (Å²) in [6.07, 6.45) is 0. The van der Waals surface area contributed by atoms with Gasteiger partial charge in [-0.25, -0.2) is 0 Å². The van der Waals surface area contributed by atoms with E-state index in [2.05, 4.69) is 20.5 Å². The third-order valence-electron chi connectivity index (χ3n) is 4.11. The zero-order chi connectivity index (χ0) is 18.8. The molecular weight excluding hydrogens is 364 g/mol. The minimum atomic E-state index is -0.178. The molecule has 2 heterocycles. The molecule has 136 valence electrons. The molecule has 0 N–H and O–H groups in total. The lowest BCUT2D eigenvalue weighted by Crippen LogP contribution is -2.23. The van der Waals surface area contributed by atoms with E-state index >= 15 is 0 Å². The maximum atomic E-state index is 12.5. The lowest BCUT2D eigenvalue weighted by molar-refractivity contribution is 0.415. The molecule has 0 bridgehead atoms. The van der Waals surface area contributed by atoms with Gasteiger partial charge in [0.15, 0.2) is 11.0 Å². The summed E-state index contributed by atoms with van der Waals surface area (Å²) in [4.78, 5) is 12.5. The number of fused-ring (bicyclic) bond motifs is 1. The molecule has 2 aromatic carbocycles. The lowest BCUT2D eigenvalue weighted by atomic mass is 10.2. The number of benzene rings is 2. The van der Waals surface area contributed by atoms with Crippen LogP contribution >= 0.6 is 11.8 Å². The monoisotopic (exact) mass is 380 g/mol. The summed E-state index contributed by atoms with van der Waals surface area (Å²) in [5.74, 6) is 1.76. The van der Waals surface area contributed by atoms with Gasteiger partial charge in [-0.05, 0) is 24.3 Å². The second-order valence-electron chi connectivity index (χ2n) is 5.78. The third-order valence-corrected chi connectivity index (χ3v) is 5.10. The molecule has 0 spiro atoms. The van der Waals surface area contributed by atoms with Gasteiger partial charge in [0.25, 0.3) is 5.56 Å². The summed E-state index contributed by atoms with van der Waals surface area (Å²) >= 11 is 1.37. The van der Waals surface area contributed by atoms with Gasteiger partial charge in [-0.15, -0.1) is 15.3 Å². The Morgan fingerprint density at radius 3 is 2.78 bits per heavy atom. The molecule has 0 atom stereocenters. The Balaban J connectivity index is 1.59. The molecule has 4 aromatic rings. The van der Waals surface area contributed by atoms with E-state index in [1.165, 1.54) is 16.4 Å². The highest BCUT2D eigenvalue weighted by atomic mass is 32.2. The molecule has 0 saturated heterocycles. The topological polar surface area (TPSA) is 87.7 Å². The molecule has 2 aromatic heterocycles. The first kappa shape index (κ1) is 17.2. The zero-order valence-electron chi connectivity index (χ0n) is 14.7. The summed E-state index contributed by atoms with van der Waals surface area (Å²) in [6, 6.07) is 14.8. The molecule has 0 saturated carbocycles. The zero-order valence-corrected chi connectivity index (χ0v) is 15.6. The second kappa shape index (κ2) is 7.20. The first-order valence-electron chi connectivity index (χ1n) is 8.16. The van der Waals surface area contributed by atoms with Gasteiger partial charge in [-0.1, -0.05) is 41.2 Å². The van der Waals surface area contributed by atoms with E-state index in [0.717, 1.165) is 11.3 Å². The Hall–Kier alpha value is -3.20. The van der Waals surface area contributed by atoms with Crippen molar-refractivity contribution in [1.82, 2.24) is 29.8 Å². The molecule has 27 heavy (non-hydrogen) atoms. The van der Waals surface area contributed by atoms with Crippen LogP contribution in [0.5, 0.6) is 5.75 Å². The van der Waals surface area contributed by atoms with Crippen LogP contribution in [-0.2, 0) is 12.9 Å². The average Bonchev–Trinajstić information content (AvgIpc) is 3.08. The van der Waals surface area contributed by atoms with Crippen molar-refractivity contribution in [3.05, 3.63) is 58.9 Å². The maximum absolute atomic E-state index is 12.5. The van der Waals surface area contributed by atoms with Gasteiger partial charge in [-0.2, -0.15) is 4.68 Å². The predicted octanol–water partition coefficient (Wildman–Crippen LogP) is 2.35. The van der Waals surface area contributed by atoms with Crippen LogP contribution in [0.1, 0.15) is 0 Å². The molecule has 8 nitrogen and oxygen atoms in total. The first-order valence-corrected chi connectivity index (χ1v) is 9.15. The lowest BCUT2D eigenvalue weighted by Gasteiger charge is -2.06. The molecule has 9 heteroatoms. The number of ether oxygens (including phenoxy) is 1. The Bertz CT molecular complexity index is 1170. The van der Waals surface area contributed by atoms with Gasteiger partial charge in [0, 0.05) is 12.6 Å². The number of hydrogen-bond acceptors (Lipinski definition) is 7. The number of methoxy groups -OCH3 is 1. The quantitative estimate of drug-likeness (QED) is 0.491. The minimum absolute atomic E-state index is 0.178. The molecule has 0 aliphatic rings. The van der Waals surface area contributed by atoms with Gasteiger partial charge >= 0.3 is 0 Å². The fraction of sp³-hybridized carbons (Fsp3) is 0.167. The SMILES string of the molecule is COc1cccc(-c2nnc(SCn3nnc4ccccc4c3=O)n2C)c1. The predicted molar refractivity (Wildman–Crippen MR) is 103 cm³/mol. The molecular formula is C18H16N6O2S. The smallest absolute Gasteiger partial charge is 0.278 e. The molecule has 0 radical (unpaired) electrons. The highest BCUT2D eigenvalue weighted by molar-refractivity contribution is 7.98. The standard InChI is InChI=1S/C18H16N6O2S/c1-23-16(12-6-5-7-13(10-12)26-2)20-21-18(23)27-11-24-17(25)14-8-3-4-9-15(14)19-22-24/h3-10H,11H2,1-2H3. The van der Waals surface area contributed by atoms with E-state index in [-0.39, 0.29) is 5.56 Å². The number of thioether (sulfide) groups is 1. The number of rotatable bonds is 5. The normalized spacial score (nSPS) is 11.0. The average molecular weight is 380 g/mol.